The van der Waals surface area contributed by atoms with E-state index in [2.05, 4.69) is 20.9 Å². The second-order valence-corrected chi connectivity index (χ2v) is 8.22. The molecule has 3 rings (SSSR count). The molecule has 3 aromatic heterocycles. The number of furan rings is 1. The molecule has 0 saturated carbocycles. The first-order valence-electron chi connectivity index (χ1n) is 11.4. The van der Waals surface area contributed by atoms with Crippen molar-refractivity contribution in [1.82, 2.24) is 19.5 Å². The van der Waals surface area contributed by atoms with Crippen LogP contribution in [-0.4, -0.2) is 70.1 Å². The summed E-state index contributed by atoms with van der Waals surface area (Å²) in [6.45, 7) is 3.24. The molecule has 0 spiro atoms. The van der Waals surface area contributed by atoms with E-state index in [4.69, 9.17) is 47.1 Å². The van der Waals surface area contributed by atoms with Crippen LogP contribution in [0.25, 0.3) is 11.2 Å². The first-order chi connectivity index (χ1) is 17.8. The molecule has 0 aliphatic rings. The quantitative estimate of drug-likeness (QED) is 0.148. The van der Waals surface area contributed by atoms with Crippen LogP contribution in [0, 0.1) is 18.3 Å². The SMILES string of the molecule is C#CC(Cn1cnc2c(N)nc(Cl)nc21)C(COC(Cc1ccoc1)(C(=O)OCC)C(=O)OCC)OC. The molecule has 0 aromatic carbocycles. The van der Waals surface area contributed by atoms with Crippen LogP contribution in [-0.2, 0) is 41.5 Å². The Morgan fingerprint density at radius 3 is 2.54 bits per heavy atom. The zero-order chi connectivity index (χ0) is 27.0. The molecular formula is C24H28ClN5O7. The molecule has 0 aliphatic heterocycles. The fourth-order valence-electron chi connectivity index (χ4n) is 3.71. The number of anilines is 1. The van der Waals surface area contributed by atoms with Crippen LogP contribution in [0.2, 0.25) is 5.28 Å². The average molecular weight is 534 g/mol. The molecule has 0 aliphatic carbocycles. The number of esters is 2. The molecule has 2 atom stereocenters. The third kappa shape index (κ3) is 6.19. The van der Waals surface area contributed by atoms with Gasteiger partial charge in [0.05, 0.1) is 50.7 Å². The van der Waals surface area contributed by atoms with E-state index in [1.165, 1.54) is 26.0 Å². The lowest BCUT2D eigenvalue weighted by Crippen LogP contribution is -2.54. The van der Waals surface area contributed by atoms with E-state index in [1.807, 2.05) is 0 Å². The number of hydrogen-bond acceptors (Lipinski definition) is 11. The van der Waals surface area contributed by atoms with Gasteiger partial charge < -0.3 is 33.7 Å². The van der Waals surface area contributed by atoms with Gasteiger partial charge in [0.25, 0.3) is 5.60 Å². The number of ether oxygens (including phenoxy) is 4. The van der Waals surface area contributed by atoms with Gasteiger partial charge >= 0.3 is 11.9 Å². The molecule has 0 fully saturated rings. The van der Waals surface area contributed by atoms with Gasteiger partial charge in [-0.05, 0) is 37.1 Å². The lowest BCUT2D eigenvalue weighted by atomic mass is 9.95. The van der Waals surface area contributed by atoms with Gasteiger partial charge in [0.15, 0.2) is 11.5 Å². The Bertz CT molecular complexity index is 1240. The number of fused-ring (bicyclic) bond motifs is 1. The average Bonchev–Trinajstić information content (AvgIpc) is 3.53. The molecule has 0 saturated heterocycles. The summed E-state index contributed by atoms with van der Waals surface area (Å²) in [6.07, 6.45) is 9.22. The van der Waals surface area contributed by atoms with Crippen molar-refractivity contribution in [2.45, 2.75) is 38.5 Å². The smallest absolute Gasteiger partial charge is 0.350 e. The molecular weight excluding hydrogens is 506 g/mol. The molecule has 37 heavy (non-hydrogen) atoms. The highest BCUT2D eigenvalue weighted by Gasteiger charge is 2.51. The lowest BCUT2D eigenvalue weighted by molar-refractivity contribution is -0.195. The molecule has 0 radical (unpaired) electrons. The highest BCUT2D eigenvalue weighted by Crippen LogP contribution is 2.26. The van der Waals surface area contributed by atoms with Crippen molar-refractivity contribution in [1.29, 1.82) is 0 Å². The van der Waals surface area contributed by atoms with Gasteiger partial charge in [-0.2, -0.15) is 9.97 Å². The van der Waals surface area contributed by atoms with E-state index in [9.17, 15) is 9.59 Å². The number of halogens is 1. The standard InChI is InChI=1S/C24H28ClN5O7/c1-5-16(11-30-14-27-18-19(26)28-23(25)29-20(18)30)17(33-4)13-37-24(21(31)35-6-2,22(32)36-7-3)10-15-8-9-34-12-15/h1,8-9,12,14,16-17H,6-7,10-11,13H2,2-4H3,(H2,26,28,29). The van der Waals surface area contributed by atoms with Gasteiger partial charge in [-0.25, -0.2) is 14.6 Å². The van der Waals surface area contributed by atoms with Crippen LogP contribution in [0.5, 0.6) is 0 Å². The zero-order valence-corrected chi connectivity index (χ0v) is 21.4. The van der Waals surface area contributed by atoms with E-state index in [0.717, 1.165) is 0 Å². The Morgan fingerprint density at radius 1 is 1.27 bits per heavy atom. The summed E-state index contributed by atoms with van der Waals surface area (Å²) in [4.78, 5) is 38.5. The van der Waals surface area contributed by atoms with Gasteiger partial charge in [-0.3, -0.25) is 0 Å². The third-order valence-electron chi connectivity index (χ3n) is 5.56. The predicted octanol–water partition coefficient (Wildman–Crippen LogP) is 2.04. The largest absolute Gasteiger partial charge is 0.472 e. The van der Waals surface area contributed by atoms with Crippen molar-refractivity contribution < 1.29 is 33.0 Å². The molecule has 3 aromatic rings. The Morgan fingerprint density at radius 2 is 1.97 bits per heavy atom. The normalized spacial score (nSPS) is 13.2. The van der Waals surface area contributed by atoms with Crippen LogP contribution < -0.4 is 5.73 Å². The number of nitrogen functional groups attached to an aromatic ring is 1. The third-order valence-corrected chi connectivity index (χ3v) is 5.73. The van der Waals surface area contributed by atoms with Crippen LogP contribution in [0.1, 0.15) is 19.4 Å². The molecule has 198 valence electrons. The van der Waals surface area contributed by atoms with E-state index in [1.54, 1.807) is 24.5 Å². The first kappa shape index (κ1) is 27.9. The van der Waals surface area contributed by atoms with E-state index >= 15 is 0 Å². The topological polar surface area (TPSA) is 154 Å². The summed E-state index contributed by atoms with van der Waals surface area (Å²) < 4.78 is 28.8. The van der Waals surface area contributed by atoms with Gasteiger partial charge in [0.2, 0.25) is 5.28 Å². The summed E-state index contributed by atoms with van der Waals surface area (Å²) in [5, 5.41) is -0.0384. The summed E-state index contributed by atoms with van der Waals surface area (Å²) in [5.41, 5.74) is 5.07. The van der Waals surface area contributed by atoms with Crippen molar-refractivity contribution in [3.63, 3.8) is 0 Å². The van der Waals surface area contributed by atoms with Gasteiger partial charge in [-0.1, -0.05) is 5.92 Å². The van der Waals surface area contributed by atoms with Crippen LogP contribution in [0.4, 0.5) is 5.82 Å². The molecule has 0 amide bonds. The zero-order valence-electron chi connectivity index (χ0n) is 20.7. The lowest BCUT2D eigenvalue weighted by Gasteiger charge is -2.31. The fraction of sp³-hybridized carbons (Fsp3) is 0.458. The Labute approximate surface area is 218 Å². The second-order valence-electron chi connectivity index (χ2n) is 7.88. The maximum atomic E-state index is 13.1. The van der Waals surface area contributed by atoms with E-state index < -0.39 is 29.6 Å². The maximum absolute atomic E-state index is 13.1. The Hall–Kier alpha value is -3.66. The molecule has 12 nitrogen and oxygen atoms in total. The number of hydrogen-bond donors (Lipinski definition) is 1. The van der Waals surface area contributed by atoms with Crippen LogP contribution >= 0.6 is 11.6 Å². The number of carbonyl (C=O) groups excluding carboxylic acids is 2. The van der Waals surface area contributed by atoms with E-state index in [0.29, 0.717) is 16.7 Å². The van der Waals surface area contributed by atoms with Gasteiger partial charge in [0.1, 0.15) is 5.52 Å². The van der Waals surface area contributed by atoms with E-state index in [-0.39, 0.29) is 43.9 Å². The summed E-state index contributed by atoms with van der Waals surface area (Å²) >= 11 is 5.96. The summed E-state index contributed by atoms with van der Waals surface area (Å²) in [6, 6.07) is 1.61. The number of aromatic nitrogens is 4. The Kier molecular flexibility index (Phi) is 9.46. The molecule has 2 N–H and O–H groups in total. The van der Waals surface area contributed by atoms with Crippen LogP contribution in [0.15, 0.2) is 29.3 Å². The summed E-state index contributed by atoms with van der Waals surface area (Å²) in [7, 11) is 1.44. The van der Waals surface area contributed by atoms with Crippen molar-refractivity contribution >= 4 is 40.5 Å². The minimum Gasteiger partial charge on any atom is -0.472 e. The molecule has 3 heterocycles. The highest BCUT2D eigenvalue weighted by atomic mass is 35.5. The number of carbonyl (C=O) groups is 2. The number of rotatable bonds is 13. The molecule has 13 heteroatoms. The number of nitrogens with two attached hydrogens (primary N) is 1. The number of terminal acetylenes is 1. The predicted molar refractivity (Wildman–Crippen MR) is 132 cm³/mol. The fourth-order valence-corrected chi connectivity index (χ4v) is 3.88. The summed E-state index contributed by atoms with van der Waals surface area (Å²) in [5.74, 6) is 0.396. The monoisotopic (exact) mass is 533 g/mol. The van der Waals surface area contributed by atoms with Crippen molar-refractivity contribution in [2.75, 3.05) is 32.7 Å². The molecule has 0 bridgehead atoms. The Balaban J connectivity index is 1.89. The molecule has 2 unspecified atom stereocenters. The number of imidazole rings is 1. The number of methoxy groups -OCH3 is 1. The minimum absolute atomic E-state index is 0.0245. The van der Waals surface area contributed by atoms with Gasteiger partial charge in [-0.15, -0.1) is 6.42 Å². The van der Waals surface area contributed by atoms with Crippen molar-refractivity contribution in [3.8, 4) is 12.3 Å². The van der Waals surface area contributed by atoms with Crippen LogP contribution in [0.3, 0.4) is 0 Å². The first-order valence-corrected chi connectivity index (χ1v) is 11.8. The van der Waals surface area contributed by atoms with Crippen molar-refractivity contribution in [3.05, 3.63) is 35.8 Å². The van der Waals surface area contributed by atoms with Crippen molar-refractivity contribution in [2.24, 2.45) is 5.92 Å². The van der Waals surface area contributed by atoms with Gasteiger partial charge in [0, 0.05) is 20.1 Å². The number of nitrogens with zero attached hydrogens (tertiary/aromatic N) is 4. The second kappa shape index (κ2) is 12.5. The minimum atomic E-state index is -2.11. The highest BCUT2D eigenvalue weighted by molar-refractivity contribution is 6.28. The maximum Gasteiger partial charge on any atom is 0.350 e.